The van der Waals surface area contributed by atoms with Gasteiger partial charge in [0.15, 0.2) is 0 Å². The van der Waals surface area contributed by atoms with Gasteiger partial charge < -0.3 is 10.6 Å². The second-order valence-corrected chi connectivity index (χ2v) is 7.51. The number of pyridine rings is 1. The van der Waals surface area contributed by atoms with Crippen LogP contribution in [0.5, 0.6) is 0 Å². The van der Waals surface area contributed by atoms with Crippen molar-refractivity contribution in [2.75, 3.05) is 5.32 Å². The number of nitrogens with zero attached hydrogens (tertiary/aromatic N) is 1. The van der Waals surface area contributed by atoms with E-state index in [-0.39, 0.29) is 11.9 Å². The van der Waals surface area contributed by atoms with E-state index in [0.29, 0.717) is 12.1 Å². The second-order valence-electron chi connectivity index (χ2n) is 7.51. The third-order valence-electron chi connectivity index (χ3n) is 5.34. The molecule has 2 N–H and O–H groups in total. The molecular weight excluding hydrogens is 370 g/mol. The lowest BCUT2D eigenvalue weighted by Gasteiger charge is -2.18. The minimum Gasteiger partial charge on any atom is -0.381 e. The number of anilines is 1. The highest BCUT2D eigenvalue weighted by atomic mass is 16.1. The summed E-state index contributed by atoms with van der Waals surface area (Å²) in [5, 5.41) is 8.88. The number of nitrogens with one attached hydrogen (secondary N) is 2. The molecule has 0 aliphatic carbocycles. The van der Waals surface area contributed by atoms with Crippen molar-refractivity contribution in [3.63, 3.8) is 0 Å². The summed E-state index contributed by atoms with van der Waals surface area (Å²) in [5.41, 5.74) is 4.74. The lowest BCUT2D eigenvalue weighted by molar-refractivity contribution is 0.0939. The summed E-state index contributed by atoms with van der Waals surface area (Å²) in [6.45, 7) is 4.65. The molecule has 1 atom stereocenters. The van der Waals surface area contributed by atoms with E-state index in [9.17, 15) is 4.79 Å². The van der Waals surface area contributed by atoms with Gasteiger partial charge in [-0.25, -0.2) is 0 Å². The first-order chi connectivity index (χ1) is 14.6. The highest BCUT2D eigenvalue weighted by molar-refractivity contribution is 5.97. The number of benzene rings is 3. The minimum atomic E-state index is -0.102. The molecule has 0 saturated carbocycles. The van der Waals surface area contributed by atoms with E-state index in [1.807, 2.05) is 68.6 Å². The Balaban J connectivity index is 1.51. The summed E-state index contributed by atoms with van der Waals surface area (Å²) < 4.78 is 0. The molecular formula is C26H25N3O. The number of carbonyl (C=O) groups excluding carboxylic acids is 1. The van der Waals surface area contributed by atoms with Crippen molar-refractivity contribution in [1.29, 1.82) is 0 Å². The molecule has 0 aliphatic heterocycles. The number of hydrogen-bond acceptors (Lipinski definition) is 3. The Morgan fingerprint density at radius 3 is 2.67 bits per heavy atom. The van der Waals surface area contributed by atoms with Gasteiger partial charge in [0.05, 0.1) is 6.04 Å². The van der Waals surface area contributed by atoms with Gasteiger partial charge in [-0.05, 0) is 59.5 Å². The van der Waals surface area contributed by atoms with E-state index in [2.05, 4.69) is 39.9 Å². The van der Waals surface area contributed by atoms with Crippen LogP contribution in [0.15, 0.2) is 85.2 Å². The molecule has 4 aromatic rings. The van der Waals surface area contributed by atoms with Gasteiger partial charge in [-0.1, -0.05) is 54.6 Å². The fourth-order valence-corrected chi connectivity index (χ4v) is 3.66. The van der Waals surface area contributed by atoms with Crippen LogP contribution < -0.4 is 10.6 Å². The topological polar surface area (TPSA) is 54.0 Å². The number of carbonyl (C=O) groups is 1. The van der Waals surface area contributed by atoms with Crippen LogP contribution in [0.25, 0.3) is 10.8 Å². The molecule has 0 unspecified atom stereocenters. The van der Waals surface area contributed by atoms with E-state index >= 15 is 0 Å². The number of fused-ring (bicyclic) bond motifs is 1. The summed E-state index contributed by atoms with van der Waals surface area (Å²) >= 11 is 0. The molecule has 0 spiro atoms. The molecule has 0 bridgehead atoms. The van der Waals surface area contributed by atoms with Crippen LogP contribution in [0, 0.1) is 6.92 Å². The van der Waals surface area contributed by atoms with Crippen LogP contribution in [0.2, 0.25) is 0 Å². The molecule has 0 aliphatic rings. The van der Waals surface area contributed by atoms with Gasteiger partial charge >= 0.3 is 0 Å². The molecule has 1 amide bonds. The van der Waals surface area contributed by atoms with Crippen LogP contribution in [-0.4, -0.2) is 10.9 Å². The highest BCUT2D eigenvalue weighted by Crippen LogP contribution is 2.25. The Labute approximate surface area is 177 Å². The van der Waals surface area contributed by atoms with Crippen LogP contribution in [0.1, 0.15) is 40.0 Å². The molecule has 4 heteroatoms. The first-order valence-corrected chi connectivity index (χ1v) is 10.1. The van der Waals surface area contributed by atoms with Gasteiger partial charge in [-0.2, -0.15) is 0 Å². The Kier molecular flexibility index (Phi) is 5.75. The third-order valence-corrected chi connectivity index (χ3v) is 5.34. The SMILES string of the molecule is Cc1ccc(NCc2cccnc2)cc1C(=O)N[C@H](C)c1cccc2ccccc12. The fourth-order valence-electron chi connectivity index (χ4n) is 3.66. The standard InChI is InChI=1S/C26H25N3O/c1-18-12-13-22(28-17-20-7-6-14-27-16-20)15-25(18)26(30)29-19(2)23-11-5-9-21-8-3-4-10-24(21)23/h3-16,19,28H,17H2,1-2H3,(H,29,30)/t19-/m1/s1. The number of aryl methyl sites for hydroxylation is 1. The zero-order valence-electron chi connectivity index (χ0n) is 17.2. The monoisotopic (exact) mass is 395 g/mol. The zero-order valence-corrected chi connectivity index (χ0v) is 17.2. The average Bonchev–Trinajstić information content (AvgIpc) is 2.78. The van der Waals surface area contributed by atoms with Crippen molar-refractivity contribution in [2.24, 2.45) is 0 Å². The quantitative estimate of drug-likeness (QED) is 0.444. The lowest BCUT2D eigenvalue weighted by atomic mass is 9.99. The number of rotatable bonds is 6. The van der Waals surface area contributed by atoms with Crippen molar-refractivity contribution in [3.05, 3.63) is 107 Å². The number of hydrogen-bond donors (Lipinski definition) is 2. The first-order valence-electron chi connectivity index (χ1n) is 10.1. The number of amides is 1. The van der Waals surface area contributed by atoms with E-state index < -0.39 is 0 Å². The number of aromatic nitrogens is 1. The van der Waals surface area contributed by atoms with E-state index in [1.165, 1.54) is 5.39 Å². The van der Waals surface area contributed by atoms with Crippen molar-refractivity contribution in [2.45, 2.75) is 26.4 Å². The van der Waals surface area contributed by atoms with Gasteiger partial charge in [0, 0.05) is 30.2 Å². The Morgan fingerprint density at radius 1 is 1.00 bits per heavy atom. The van der Waals surface area contributed by atoms with Crippen molar-refractivity contribution in [3.8, 4) is 0 Å². The van der Waals surface area contributed by atoms with Gasteiger partial charge in [0.25, 0.3) is 5.91 Å². The molecule has 1 heterocycles. The van der Waals surface area contributed by atoms with Crippen LogP contribution in [0.3, 0.4) is 0 Å². The maximum Gasteiger partial charge on any atom is 0.252 e. The van der Waals surface area contributed by atoms with Gasteiger partial charge in [-0.3, -0.25) is 9.78 Å². The van der Waals surface area contributed by atoms with Crippen molar-refractivity contribution < 1.29 is 4.79 Å². The predicted molar refractivity (Wildman–Crippen MR) is 123 cm³/mol. The molecule has 30 heavy (non-hydrogen) atoms. The third kappa shape index (κ3) is 4.33. The summed E-state index contributed by atoms with van der Waals surface area (Å²) in [6, 6.07) is 24.2. The Morgan fingerprint density at radius 2 is 1.83 bits per heavy atom. The largest absolute Gasteiger partial charge is 0.381 e. The summed E-state index contributed by atoms with van der Waals surface area (Å²) in [4.78, 5) is 17.2. The fraction of sp³-hybridized carbons (Fsp3) is 0.154. The minimum absolute atomic E-state index is 0.0713. The van der Waals surface area contributed by atoms with E-state index in [1.54, 1.807) is 6.20 Å². The maximum absolute atomic E-state index is 13.1. The Bertz CT molecular complexity index is 1170. The van der Waals surface area contributed by atoms with Gasteiger partial charge in [-0.15, -0.1) is 0 Å². The predicted octanol–water partition coefficient (Wildman–Crippen LogP) is 5.65. The first kappa shape index (κ1) is 19.6. The highest BCUT2D eigenvalue weighted by Gasteiger charge is 2.15. The molecule has 0 radical (unpaired) electrons. The summed E-state index contributed by atoms with van der Waals surface area (Å²) in [7, 11) is 0. The van der Waals surface area contributed by atoms with Gasteiger partial charge in [0.1, 0.15) is 0 Å². The summed E-state index contributed by atoms with van der Waals surface area (Å²) in [5.74, 6) is -0.0713. The molecule has 150 valence electrons. The maximum atomic E-state index is 13.1. The molecule has 1 aromatic heterocycles. The zero-order chi connectivity index (χ0) is 20.9. The molecule has 4 rings (SSSR count). The van der Waals surface area contributed by atoms with Crippen molar-refractivity contribution in [1.82, 2.24) is 10.3 Å². The van der Waals surface area contributed by atoms with Crippen molar-refractivity contribution >= 4 is 22.4 Å². The van der Waals surface area contributed by atoms with E-state index in [4.69, 9.17) is 0 Å². The van der Waals surface area contributed by atoms with Gasteiger partial charge in [0.2, 0.25) is 0 Å². The molecule has 3 aromatic carbocycles. The Hall–Kier alpha value is -3.66. The molecule has 4 nitrogen and oxygen atoms in total. The van der Waals surface area contributed by atoms with Crippen LogP contribution >= 0.6 is 0 Å². The second kappa shape index (κ2) is 8.78. The van der Waals surface area contributed by atoms with E-state index in [0.717, 1.165) is 27.8 Å². The smallest absolute Gasteiger partial charge is 0.252 e. The average molecular weight is 396 g/mol. The molecule has 0 saturated heterocycles. The normalized spacial score (nSPS) is 11.8. The lowest BCUT2D eigenvalue weighted by Crippen LogP contribution is -2.27. The van der Waals surface area contributed by atoms with Crippen LogP contribution in [0.4, 0.5) is 5.69 Å². The summed E-state index contributed by atoms with van der Waals surface area (Å²) in [6.07, 6.45) is 3.59. The molecule has 0 fully saturated rings. The van der Waals surface area contributed by atoms with Crippen LogP contribution in [-0.2, 0) is 6.54 Å².